The first-order valence-electron chi connectivity index (χ1n) is 7.35. The van der Waals surface area contributed by atoms with Crippen LogP contribution in [0.3, 0.4) is 0 Å². The summed E-state index contributed by atoms with van der Waals surface area (Å²) in [6, 6.07) is 8.15. The number of carbonyl (C=O) groups excluding carboxylic acids is 1. The summed E-state index contributed by atoms with van der Waals surface area (Å²) in [4.78, 5) is 16.3. The molecule has 1 heterocycles. The van der Waals surface area contributed by atoms with Crippen LogP contribution in [0.4, 0.5) is 5.69 Å². The van der Waals surface area contributed by atoms with Crippen molar-refractivity contribution in [2.45, 2.75) is 19.9 Å². The average Bonchev–Trinajstić information content (AvgIpc) is 2.53. The van der Waals surface area contributed by atoms with E-state index in [-0.39, 0.29) is 17.9 Å². The Morgan fingerprint density at radius 3 is 2.24 bits per heavy atom. The Hall–Kier alpha value is -1.26. The van der Waals surface area contributed by atoms with E-state index in [1.54, 1.807) is 0 Å². The first kappa shape index (κ1) is 16.1. The van der Waals surface area contributed by atoms with E-state index in [0.717, 1.165) is 31.2 Å². The van der Waals surface area contributed by atoms with E-state index in [0.29, 0.717) is 0 Å². The van der Waals surface area contributed by atoms with Crippen molar-refractivity contribution in [3.8, 4) is 0 Å². The predicted octanol–water partition coefficient (Wildman–Crippen LogP) is 2.66. The van der Waals surface area contributed by atoms with E-state index in [1.807, 2.05) is 19.1 Å². The van der Waals surface area contributed by atoms with E-state index in [1.165, 1.54) is 12.8 Å². The minimum Gasteiger partial charge on any atom is -0.469 e. The minimum absolute atomic E-state index is 0.0999. The van der Waals surface area contributed by atoms with Crippen molar-refractivity contribution in [1.29, 1.82) is 0 Å². The zero-order chi connectivity index (χ0) is 15.4. The van der Waals surface area contributed by atoms with Gasteiger partial charge in [0.05, 0.1) is 13.0 Å². The molecule has 1 fully saturated rings. The zero-order valence-corrected chi connectivity index (χ0v) is 13.6. The van der Waals surface area contributed by atoms with Gasteiger partial charge in [-0.2, -0.15) is 0 Å². The Bertz CT molecular complexity index is 470. The molecule has 2 rings (SSSR count). The Morgan fingerprint density at radius 2 is 1.71 bits per heavy atom. The molecule has 5 heteroatoms. The maximum absolute atomic E-state index is 11.6. The van der Waals surface area contributed by atoms with Crippen molar-refractivity contribution < 1.29 is 9.53 Å². The van der Waals surface area contributed by atoms with E-state index >= 15 is 0 Å². The van der Waals surface area contributed by atoms with Crippen molar-refractivity contribution in [1.82, 2.24) is 4.90 Å². The number of hydrogen-bond donors (Lipinski definition) is 0. The van der Waals surface area contributed by atoms with E-state index in [2.05, 4.69) is 28.9 Å². The van der Waals surface area contributed by atoms with Gasteiger partial charge in [0.25, 0.3) is 0 Å². The molecular formula is C16H23ClN2O2. The second-order valence-corrected chi connectivity index (χ2v) is 5.99. The fraction of sp³-hybridized carbons (Fsp3) is 0.562. The summed E-state index contributed by atoms with van der Waals surface area (Å²) >= 11 is 5.92. The molecule has 1 aliphatic rings. The summed E-state index contributed by atoms with van der Waals surface area (Å²) in [6.07, 6.45) is 0. The molecule has 0 N–H and O–H groups in total. The normalized spacial score (nSPS) is 19.1. The maximum Gasteiger partial charge on any atom is 0.309 e. The van der Waals surface area contributed by atoms with Crippen LogP contribution in [0, 0.1) is 5.92 Å². The second kappa shape index (κ2) is 7.14. The van der Waals surface area contributed by atoms with Gasteiger partial charge in [-0.3, -0.25) is 9.69 Å². The summed E-state index contributed by atoms with van der Waals surface area (Å²) in [6.45, 7) is 7.84. The van der Waals surface area contributed by atoms with Gasteiger partial charge in [-0.25, -0.2) is 0 Å². The van der Waals surface area contributed by atoms with Gasteiger partial charge in [0, 0.05) is 42.9 Å². The molecule has 0 radical (unpaired) electrons. The summed E-state index contributed by atoms with van der Waals surface area (Å²) < 4.78 is 4.84. The second-order valence-electron chi connectivity index (χ2n) is 5.55. The van der Waals surface area contributed by atoms with Crippen molar-refractivity contribution in [2.75, 3.05) is 38.2 Å². The number of ether oxygens (including phenoxy) is 1. The number of nitrogens with zero attached hydrogens (tertiary/aromatic N) is 2. The smallest absolute Gasteiger partial charge is 0.309 e. The summed E-state index contributed by atoms with van der Waals surface area (Å²) in [7, 11) is 1.45. The largest absolute Gasteiger partial charge is 0.469 e. The number of rotatable bonds is 4. The van der Waals surface area contributed by atoms with Gasteiger partial charge in [-0.1, -0.05) is 18.5 Å². The maximum atomic E-state index is 11.6. The molecule has 1 saturated heterocycles. The fourth-order valence-corrected chi connectivity index (χ4v) is 2.86. The number of benzene rings is 1. The van der Waals surface area contributed by atoms with Gasteiger partial charge in [-0.05, 0) is 31.2 Å². The molecule has 2 unspecified atom stereocenters. The monoisotopic (exact) mass is 310 g/mol. The van der Waals surface area contributed by atoms with Crippen molar-refractivity contribution >= 4 is 23.3 Å². The fourth-order valence-electron chi connectivity index (χ4n) is 2.74. The van der Waals surface area contributed by atoms with Crippen molar-refractivity contribution in [2.24, 2.45) is 5.92 Å². The van der Waals surface area contributed by atoms with Crippen LogP contribution >= 0.6 is 11.6 Å². The first-order chi connectivity index (χ1) is 10.0. The molecule has 1 aliphatic heterocycles. The lowest BCUT2D eigenvalue weighted by Crippen LogP contribution is -2.52. The highest BCUT2D eigenvalue weighted by atomic mass is 35.5. The van der Waals surface area contributed by atoms with Gasteiger partial charge < -0.3 is 9.64 Å². The lowest BCUT2D eigenvalue weighted by molar-refractivity contribution is -0.147. The summed E-state index contributed by atoms with van der Waals surface area (Å²) in [5, 5.41) is 0.762. The van der Waals surface area contributed by atoms with Crippen LogP contribution in [-0.2, 0) is 9.53 Å². The van der Waals surface area contributed by atoms with E-state index in [4.69, 9.17) is 16.3 Å². The SMILES string of the molecule is COC(=O)C(C)C(C)N1CCN(c2ccc(Cl)cc2)CC1. The molecular weight excluding hydrogens is 288 g/mol. The van der Waals surface area contributed by atoms with Crippen molar-refractivity contribution in [3.05, 3.63) is 29.3 Å². The molecule has 4 nitrogen and oxygen atoms in total. The van der Waals surface area contributed by atoms with Gasteiger partial charge in [0.1, 0.15) is 0 Å². The Morgan fingerprint density at radius 1 is 1.14 bits per heavy atom. The van der Waals surface area contributed by atoms with Crippen LogP contribution < -0.4 is 4.90 Å². The molecule has 21 heavy (non-hydrogen) atoms. The van der Waals surface area contributed by atoms with Gasteiger partial charge in [-0.15, -0.1) is 0 Å². The molecule has 0 saturated carbocycles. The third kappa shape index (κ3) is 3.89. The third-order valence-corrected chi connectivity index (χ3v) is 4.63. The summed E-state index contributed by atoms with van der Waals surface area (Å²) in [5.74, 6) is -0.236. The van der Waals surface area contributed by atoms with E-state index in [9.17, 15) is 4.79 Å². The summed E-state index contributed by atoms with van der Waals surface area (Å²) in [5.41, 5.74) is 1.20. The number of anilines is 1. The lowest BCUT2D eigenvalue weighted by atomic mass is 10.0. The number of carbonyl (C=O) groups is 1. The number of halogens is 1. The van der Waals surface area contributed by atoms with Crippen LogP contribution in [0.2, 0.25) is 5.02 Å². The predicted molar refractivity (Wildman–Crippen MR) is 85.9 cm³/mol. The third-order valence-electron chi connectivity index (χ3n) is 4.38. The van der Waals surface area contributed by atoms with Gasteiger partial charge >= 0.3 is 5.97 Å². The average molecular weight is 311 g/mol. The molecule has 2 atom stereocenters. The number of esters is 1. The minimum atomic E-state index is -0.136. The van der Waals surface area contributed by atoms with Crippen LogP contribution in [0.25, 0.3) is 0 Å². The van der Waals surface area contributed by atoms with Crippen LogP contribution in [0.1, 0.15) is 13.8 Å². The van der Waals surface area contributed by atoms with Crippen LogP contribution in [0.15, 0.2) is 24.3 Å². The Balaban J connectivity index is 1.91. The highest BCUT2D eigenvalue weighted by Crippen LogP contribution is 2.21. The van der Waals surface area contributed by atoms with Crippen molar-refractivity contribution in [3.63, 3.8) is 0 Å². The molecule has 0 spiro atoms. The number of piperazine rings is 1. The standard InChI is InChI=1S/C16H23ClN2O2/c1-12(16(20)21-3)13(2)18-8-10-19(11-9-18)15-6-4-14(17)5-7-15/h4-7,12-13H,8-11H2,1-3H3. The Kier molecular flexibility index (Phi) is 5.48. The van der Waals surface area contributed by atoms with Crippen LogP contribution in [-0.4, -0.2) is 50.2 Å². The molecule has 0 aliphatic carbocycles. The lowest BCUT2D eigenvalue weighted by Gasteiger charge is -2.40. The molecule has 116 valence electrons. The highest BCUT2D eigenvalue weighted by molar-refractivity contribution is 6.30. The topological polar surface area (TPSA) is 32.8 Å². The first-order valence-corrected chi connectivity index (χ1v) is 7.73. The molecule has 0 bridgehead atoms. The molecule has 1 aromatic carbocycles. The zero-order valence-electron chi connectivity index (χ0n) is 12.9. The Labute approximate surface area is 131 Å². The quantitative estimate of drug-likeness (QED) is 0.801. The van der Waals surface area contributed by atoms with Gasteiger partial charge in [0.15, 0.2) is 0 Å². The number of methoxy groups -OCH3 is 1. The van der Waals surface area contributed by atoms with Gasteiger partial charge in [0.2, 0.25) is 0 Å². The molecule has 1 aromatic rings. The molecule has 0 amide bonds. The highest BCUT2D eigenvalue weighted by Gasteiger charge is 2.28. The van der Waals surface area contributed by atoms with Crippen LogP contribution in [0.5, 0.6) is 0 Å². The van der Waals surface area contributed by atoms with E-state index < -0.39 is 0 Å². The molecule has 0 aromatic heterocycles. The number of hydrogen-bond acceptors (Lipinski definition) is 4.